The van der Waals surface area contributed by atoms with Crippen LogP contribution in [0.1, 0.15) is 31.2 Å². The minimum Gasteiger partial charge on any atom is -0.314 e. The van der Waals surface area contributed by atoms with Gasteiger partial charge in [-0.1, -0.05) is 30.5 Å². The number of rotatable bonds is 10. The van der Waals surface area contributed by atoms with Gasteiger partial charge in [-0.15, -0.1) is 10.1 Å². The molecular weight excluding hydrogens is 298 g/mol. The van der Waals surface area contributed by atoms with Gasteiger partial charge < -0.3 is 4.84 Å². The van der Waals surface area contributed by atoms with Crippen LogP contribution in [-0.2, 0) is 19.1 Å². The smallest absolute Gasteiger partial charge is 0.296 e. The van der Waals surface area contributed by atoms with E-state index in [1.54, 1.807) is 12.1 Å². The maximum absolute atomic E-state index is 11.8. The van der Waals surface area contributed by atoms with E-state index in [1.165, 1.54) is 12.1 Å². The van der Waals surface area contributed by atoms with Crippen molar-refractivity contribution in [2.75, 3.05) is 13.2 Å². The first kappa shape index (κ1) is 17.4. The normalized spacial score (nSPS) is 11.3. The van der Waals surface area contributed by atoms with Crippen LogP contribution in [0.5, 0.6) is 0 Å². The number of benzene rings is 1. The molecule has 0 radical (unpaired) electrons. The van der Waals surface area contributed by atoms with Gasteiger partial charge in [-0.2, -0.15) is 8.42 Å². The van der Waals surface area contributed by atoms with Crippen molar-refractivity contribution < 1.29 is 22.5 Å². The van der Waals surface area contributed by atoms with E-state index in [1.807, 2.05) is 6.92 Å². The summed E-state index contributed by atoms with van der Waals surface area (Å²) in [6.07, 6.45) is 2.58. The van der Waals surface area contributed by atoms with E-state index < -0.39 is 15.2 Å². The van der Waals surface area contributed by atoms with Gasteiger partial charge >= 0.3 is 0 Å². The Morgan fingerprint density at radius 2 is 1.62 bits per heavy atom. The zero-order chi connectivity index (χ0) is 15.7. The van der Waals surface area contributed by atoms with Crippen LogP contribution in [0.3, 0.4) is 0 Å². The molecule has 0 aliphatic heterocycles. The summed E-state index contributed by atoms with van der Waals surface area (Å²) in [6.45, 7) is 2.04. The SMILES string of the molecule is Cc1ccc(S(=O)(=O)OCCCCCCO[N+](=O)[O-])cc1. The van der Waals surface area contributed by atoms with Crippen molar-refractivity contribution in [3.63, 3.8) is 0 Å². The lowest BCUT2D eigenvalue weighted by molar-refractivity contribution is -0.757. The summed E-state index contributed by atoms with van der Waals surface area (Å²) in [5.74, 6) is 0. The van der Waals surface area contributed by atoms with Crippen molar-refractivity contribution in [2.45, 2.75) is 37.5 Å². The van der Waals surface area contributed by atoms with Crippen LogP contribution in [0.4, 0.5) is 0 Å². The second kappa shape index (κ2) is 8.58. The van der Waals surface area contributed by atoms with E-state index in [9.17, 15) is 18.5 Å². The average Bonchev–Trinajstić information content (AvgIpc) is 2.42. The monoisotopic (exact) mass is 317 g/mol. The molecule has 7 nitrogen and oxygen atoms in total. The van der Waals surface area contributed by atoms with Crippen LogP contribution >= 0.6 is 0 Å². The lowest BCUT2D eigenvalue weighted by atomic mass is 10.2. The molecule has 0 aliphatic carbocycles. The lowest BCUT2D eigenvalue weighted by Crippen LogP contribution is -2.07. The van der Waals surface area contributed by atoms with E-state index in [0.29, 0.717) is 12.8 Å². The highest BCUT2D eigenvalue weighted by Crippen LogP contribution is 2.14. The number of unbranched alkanes of at least 4 members (excludes halogenated alkanes) is 3. The molecule has 0 bridgehead atoms. The molecule has 0 saturated carbocycles. The number of nitrogens with zero attached hydrogens (tertiary/aromatic N) is 1. The molecule has 21 heavy (non-hydrogen) atoms. The third-order valence-electron chi connectivity index (χ3n) is 2.78. The van der Waals surface area contributed by atoms with Gasteiger partial charge in [0.25, 0.3) is 15.2 Å². The Kier molecular flexibility index (Phi) is 7.10. The molecule has 0 aromatic heterocycles. The molecule has 0 heterocycles. The Morgan fingerprint density at radius 1 is 1.05 bits per heavy atom. The van der Waals surface area contributed by atoms with Crippen molar-refractivity contribution in [1.29, 1.82) is 0 Å². The van der Waals surface area contributed by atoms with Crippen LogP contribution in [0.2, 0.25) is 0 Å². The predicted octanol–water partition coefficient (Wildman–Crippen LogP) is 2.47. The first-order valence-corrected chi connectivity index (χ1v) is 8.06. The van der Waals surface area contributed by atoms with E-state index in [-0.39, 0.29) is 18.1 Å². The third kappa shape index (κ3) is 7.05. The Hall–Kier alpha value is -1.67. The summed E-state index contributed by atoms with van der Waals surface area (Å²) in [4.78, 5) is 14.2. The molecule has 0 aliphatic rings. The molecular formula is C13H19NO6S. The summed E-state index contributed by atoms with van der Waals surface area (Å²) < 4.78 is 28.6. The molecule has 1 rings (SSSR count). The average molecular weight is 317 g/mol. The number of aryl methyl sites for hydroxylation is 1. The summed E-state index contributed by atoms with van der Waals surface area (Å²) in [5, 5.41) is 9.08. The maximum atomic E-state index is 11.8. The summed E-state index contributed by atoms with van der Waals surface area (Å²) in [6, 6.07) is 6.45. The highest BCUT2D eigenvalue weighted by atomic mass is 32.2. The van der Waals surface area contributed by atoms with Gasteiger partial charge in [0, 0.05) is 0 Å². The van der Waals surface area contributed by atoms with Crippen molar-refractivity contribution in [3.8, 4) is 0 Å². The van der Waals surface area contributed by atoms with Gasteiger partial charge in [0.1, 0.15) is 0 Å². The lowest BCUT2D eigenvalue weighted by Gasteiger charge is -2.06. The molecule has 0 atom stereocenters. The molecule has 118 valence electrons. The van der Waals surface area contributed by atoms with Crippen molar-refractivity contribution >= 4 is 10.1 Å². The standard InChI is InChI=1S/C13H19NO6S/c1-12-6-8-13(9-7-12)21(17,18)20-11-5-3-2-4-10-19-14(15)16/h6-9H,2-5,10-11H2,1H3. The van der Waals surface area contributed by atoms with Gasteiger partial charge in [-0.05, 0) is 31.9 Å². The Labute approximate surface area is 124 Å². The third-order valence-corrected chi connectivity index (χ3v) is 4.11. The zero-order valence-corrected chi connectivity index (χ0v) is 12.7. The first-order valence-electron chi connectivity index (χ1n) is 6.65. The fraction of sp³-hybridized carbons (Fsp3) is 0.538. The van der Waals surface area contributed by atoms with Gasteiger partial charge in [-0.3, -0.25) is 4.18 Å². The van der Waals surface area contributed by atoms with Gasteiger partial charge in [-0.25, -0.2) is 0 Å². The van der Waals surface area contributed by atoms with Crippen LogP contribution in [0, 0.1) is 17.0 Å². The van der Waals surface area contributed by atoms with E-state index in [4.69, 9.17) is 4.18 Å². The van der Waals surface area contributed by atoms with Crippen LogP contribution < -0.4 is 0 Å². The van der Waals surface area contributed by atoms with E-state index in [2.05, 4.69) is 4.84 Å². The molecule has 1 aromatic carbocycles. The van der Waals surface area contributed by atoms with Crippen LogP contribution in [0.15, 0.2) is 29.2 Å². The molecule has 0 N–H and O–H groups in total. The van der Waals surface area contributed by atoms with Crippen LogP contribution in [0.25, 0.3) is 0 Å². The van der Waals surface area contributed by atoms with Crippen molar-refractivity contribution in [1.82, 2.24) is 0 Å². The Bertz CT molecular complexity index is 540. The molecule has 0 fully saturated rings. The second-order valence-corrected chi connectivity index (χ2v) is 6.18. The zero-order valence-electron chi connectivity index (χ0n) is 11.9. The van der Waals surface area contributed by atoms with E-state index >= 15 is 0 Å². The molecule has 0 amide bonds. The first-order chi connectivity index (χ1) is 9.92. The quantitative estimate of drug-likeness (QED) is 0.285. The fourth-order valence-electron chi connectivity index (χ4n) is 1.64. The van der Waals surface area contributed by atoms with Crippen molar-refractivity contribution in [2.24, 2.45) is 0 Å². The topological polar surface area (TPSA) is 95.7 Å². The summed E-state index contributed by atoms with van der Waals surface area (Å²) in [7, 11) is -3.70. The molecule has 1 aromatic rings. The number of hydrogen-bond donors (Lipinski definition) is 0. The fourth-order valence-corrected chi connectivity index (χ4v) is 2.58. The molecule has 0 spiro atoms. The highest BCUT2D eigenvalue weighted by Gasteiger charge is 2.14. The minimum atomic E-state index is -3.70. The number of hydrogen-bond acceptors (Lipinski definition) is 6. The van der Waals surface area contributed by atoms with Gasteiger partial charge in [0.15, 0.2) is 0 Å². The van der Waals surface area contributed by atoms with Gasteiger partial charge in [0.2, 0.25) is 0 Å². The Morgan fingerprint density at radius 3 is 2.19 bits per heavy atom. The maximum Gasteiger partial charge on any atom is 0.296 e. The van der Waals surface area contributed by atoms with Crippen molar-refractivity contribution in [3.05, 3.63) is 39.9 Å². The van der Waals surface area contributed by atoms with E-state index in [0.717, 1.165) is 18.4 Å². The largest absolute Gasteiger partial charge is 0.314 e. The second-order valence-electron chi connectivity index (χ2n) is 4.56. The molecule has 8 heteroatoms. The molecule has 0 saturated heterocycles. The highest BCUT2D eigenvalue weighted by molar-refractivity contribution is 7.86. The van der Waals surface area contributed by atoms with Crippen LogP contribution in [-0.4, -0.2) is 26.7 Å². The minimum absolute atomic E-state index is 0.0650. The summed E-state index contributed by atoms with van der Waals surface area (Å²) in [5.41, 5.74) is 0.978. The molecule has 0 unspecified atom stereocenters. The Balaban J connectivity index is 2.20. The van der Waals surface area contributed by atoms with Gasteiger partial charge in [0.05, 0.1) is 18.1 Å². The summed E-state index contributed by atoms with van der Waals surface area (Å²) >= 11 is 0. The predicted molar refractivity (Wildman–Crippen MR) is 75.7 cm³/mol.